The molecule has 0 aliphatic carbocycles. The fourth-order valence-corrected chi connectivity index (χ4v) is 3.08. The maximum Gasteiger partial charge on any atom is 0.323 e. The second kappa shape index (κ2) is 7.33. The molecule has 138 valence electrons. The molecule has 27 heavy (non-hydrogen) atoms. The average molecular weight is 367 g/mol. The van der Waals surface area contributed by atoms with E-state index in [1.807, 2.05) is 0 Å². The molecule has 0 radical (unpaired) electrons. The van der Waals surface area contributed by atoms with E-state index in [1.165, 1.54) is 7.11 Å². The van der Waals surface area contributed by atoms with Crippen molar-refractivity contribution in [3.63, 3.8) is 0 Å². The van der Waals surface area contributed by atoms with Crippen LogP contribution in [-0.2, 0) is 14.4 Å². The Hall–Kier alpha value is -3.61. The molecular formula is C20H17NO6. The highest BCUT2D eigenvalue weighted by Gasteiger charge is 2.46. The smallest absolute Gasteiger partial charge is 0.323 e. The third-order valence-electron chi connectivity index (χ3n) is 4.32. The number of Topliss-reactive ketones (excluding diaryl/α,β-unsaturated/α-hetero) is 1. The number of hydrogen-bond acceptors (Lipinski definition) is 5. The van der Waals surface area contributed by atoms with Crippen molar-refractivity contribution in [3.8, 4) is 5.75 Å². The van der Waals surface area contributed by atoms with Crippen LogP contribution in [0.2, 0.25) is 0 Å². The number of likely N-dealkylation sites (tertiary alicyclic amines) is 1. The number of amides is 1. The zero-order chi connectivity index (χ0) is 19.6. The molecule has 7 nitrogen and oxygen atoms in total. The lowest BCUT2D eigenvalue weighted by Crippen LogP contribution is -2.34. The predicted molar refractivity (Wildman–Crippen MR) is 96.1 cm³/mol. The van der Waals surface area contributed by atoms with Crippen LogP contribution in [0, 0.1) is 0 Å². The SMILES string of the molecule is COc1ccc(/C(O)=C2\C(=O)C(=O)N(CC(=O)O)[C@@H]2c2ccccc2)cc1. The first-order valence-corrected chi connectivity index (χ1v) is 8.13. The number of aliphatic carboxylic acids is 1. The van der Waals surface area contributed by atoms with Gasteiger partial charge in [-0.3, -0.25) is 14.4 Å². The standard InChI is InChI=1S/C20H17NO6/c1-27-14-9-7-13(8-10-14)18(24)16-17(12-5-3-2-4-6-12)21(11-15(22)23)20(26)19(16)25/h2-10,17,24H,11H2,1H3,(H,22,23)/b18-16+/t17-/m1/s1. The number of ether oxygens (including phenoxy) is 1. The molecule has 3 rings (SSSR count). The minimum atomic E-state index is -1.25. The van der Waals surface area contributed by atoms with Crippen molar-refractivity contribution in [2.24, 2.45) is 0 Å². The van der Waals surface area contributed by atoms with Gasteiger partial charge in [0.05, 0.1) is 18.7 Å². The van der Waals surface area contributed by atoms with Gasteiger partial charge in [0.2, 0.25) is 0 Å². The summed E-state index contributed by atoms with van der Waals surface area (Å²) in [7, 11) is 1.50. The summed E-state index contributed by atoms with van der Waals surface area (Å²) in [6, 6.07) is 13.9. The molecule has 2 aromatic rings. The van der Waals surface area contributed by atoms with E-state index in [-0.39, 0.29) is 11.3 Å². The summed E-state index contributed by atoms with van der Waals surface area (Å²) in [5.41, 5.74) is 0.718. The van der Waals surface area contributed by atoms with E-state index in [0.29, 0.717) is 16.9 Å². The van der Waals surface area contributed by atoms with Gasteiger partial charge < -0.3 is 19.8 Å². The third kappa shape index (κ3) is 3.39. The molecule has 1 amide bonds. The van der Waals surface area contributed by atoms with Crippen LogP contribution in [0.5, 0.6) is 5.75 Å². The Morgan fingerprint density at radius 3 is 2.22 bits per heavy atom. The molecule has 1 heterocycles. The Morgan fingerprint density at radius 1 is 1.04 bits per heavy atom. The minimum absolute atomic E-state index is 0.141. The lowest BCUT2D eigenvalue weighted by molar-refractivity contribution is -0.146. The van der Waals surface area contributed by atoms with Gasteiger partial charge in [-0.2, -0.15) is 0 Å². The maximum absolute atomic E-state index is 12.6. The molecule has 0 aromatic heterocycles. The van der Waals surface area contributed by atoms with Gasteiger partial charge in [0.15, 0.2) is 0 Å². The molecule has 1 saturated heterocycles. The summed E-state index contributed by atoms with van der Waals surface area (Å²) in [6.45, 7) is -0.649. The van der Waals surface area contributed by atoms with Crippen molar-refractivity contribution < 1.29 is 29.3 Å². The molecular weight excluding hydrogens is 350 g/mol. The van der Waals surface area contributed by atoms with Crippen LogP contribution >= 0.6 is 0 Å². The summed E-state index contributed by atoms with van der Waals surface area (Å²) in [4.78, 5) is 37.2. The van der Waals surface area contributed by atoms with Crippen LogP contribution in [0.3, 0.4) is 0 Å². The van der Waals surface area contributed by atoms with E-state index < -0.39 is 30.2 Å². The molecule has 2 N–H and O–H groups in total. The van der Waals surface area contributed by atoms with Crippen molar-refractivity contribution in [3.05, 3.63) is 71.3 Å². The highest BCUT2D eigenvalue weighted by atomic mass is 16.5. The fraction of sp³-hybridized carbons (Fsp3) is 0.150. The van der Waals surface area contributed by atoms with E-state index in [2.05, 4.69) is 0 Å². The van der Waals surface area contributed by atoms with Gasteiger partial charge in [-0.1, -0.05) is 30.3 Å². The highest BCUT2D eigenvalue weighted by Crippen LogP contribution is 2.39. The maximum atomic E-state index is 12.6. The number of methoxy groups -OCH3 is 1. The number of carboxylic acids is 1. The fourth-order valence-electron chi connectivity index (χ4n) is 3.08. The van der Waals surface area contributed by atoms with Gasteiger partial charge in [-0.05, 0) is 29.8 Å². The molecule has 1 aliphatic heterocycles. The van der Waals surface area contributed by atoms with Crippen LogP contribution in [0.25, 0.3) is 5.76 Å². The zero-order valence-corrected chi connectivity index (χ0v) is 14.5. The number of aliphatic hydroxyl groups is 1. The Morgan fingerprint density at radius 2 is 1.67 bits per heavy atom. The molecule has 0 bridgehead atoms. The number of carbonyl (C=O) groups is 3. The first kappa shape index (κ1) is 18.2. The monoisotopic (exact) mass is 367 g/mol. The largest absolute Gasteiger partial charge is 0.507 e. The topological polar surface area (TPSA) is 104 Å². The van der Waals surface area contributed by atoms with Gasteiger partial charge in [0.1, 0.15) is 18.1 Å². The summed E-state index contributed by atoms with van der Waals surface area (Å²) in [5, 5.41) is 19.9. The predicted octanol–water partition coefficient (Wildman–Crippen LogP) is 2.20. The van der Waals surface area contributed by atoms with Crippen LogP contribution in [-0.4, -0.2) is 46.4 Å². The first-order chi connectivity index (χ1) is 12.9. The first-order valence-electron chi connectivity index (χ1n) is 8.13. The van der Waals surface area contributed by atoms with Gasteiger partial charge in [-0.15, -0.1) is 0 Å². The van der Waals surface area contributed by atoms with E-state index in [9.17, 15) is 19.5 Å². The van der Waals surface area contributed by atoms with Gasteiger partial charge in [0, 0.05) is 5.56 Å². The van der Waals surface area contributed by atoms with Gasteiger partial charge >= 0.3 is 5.97 Å². The Balaban J connectivity index is 2.16. The van der Waals surface area contributed by atoms with E-state index in [4.69, 9.17) is 9.84 Å². The second-order valence-corrected chi connectivity index (χ2v) is 5.96. The summed E-state index contributed by atoms with van der Waals surface area (Å²) in [5.74, 6) is -2.92. The van der Waals surface area contributed by atoms with Gasteiger partial charge in [0.25, 0.3) is 11.7 Å². The third-order valence-corrected chi connectivity index (χ3v) is 4.32. The van der Waals surface area contributed by atoms with Crippen molar-refractivity contribution in [2.75, 3.05) is 13.7 Å². The number of hydrogen-bond donors (Lipinski definition) is 2. The van der Waals surface area contributed by atoms with Crippen LogP contribution in [0.15, 0.2) is 60.2 Å². The van der Waals surface area contributed by atoms with E-state index in [1.54, 1.807) is 54.6 Å². The molecule has 1 atom stereocenters. The Labute approximate surface area is 155 Å². The van der Waals surface area contributed by atoms with Crippen molar-refractivity contribution in [2.45, 2.75) is 6.04 Å². The Bertz CT molecular complexity index is 917. The summed E-state index contributed by atoms with van der Waals surface area (Å²) >= 11 is 0. The van der Waals surface area contributed by atoms with E-state index in [0.717, 1.165) is 4.90 Å². The van der Waals surface area contributed by atoms with Crippen molar-refractivity contribution in [1.29, 1.82) is 0 Å². The number of carbonyl (C=O) groups excluding carboxylic acids is 2. The molecule has 1 fully saturated rings. The van der Waals surface area contributed by atoms with Crippen LogP contribution in [0.1, 0.15) is 17.2 Å². The highest BCUT2D eigenvalue weighted by molar-refractivity contribution is 6.46. The molecule has 2 aromatic carbocycles. The second-order valence-electron chi connectivity index (χ2n) is 5.96. The number of benzene rings is 2. The lowest BCUT2D eigenvalue weighted by Gasteiger charge is -2.23. The molecule has 1 aliphatic rings. The van der Waals surface area contributed by atoms with Gasteiger partial charge in [-0.25, -0.2) is 0 Å². The number of ketones is 1. The Kier molecular flexibility index (Phi) is 4.94. The summed E-state index contributed by atoms with van der Waals surface area (Å²) in [6.07, 6.45) is 0. The number of carboxylic acid groups (broad SMARTS) is 1. The number of rotatable bonds is 5. The van der Waals surface area contributed by atoms with Crippen molar-refractivity contribution in [1.82, 2.24) is 4.90 Å². The normalized spacial score (nSPS) is 18.6. The van der Waals surface area contributed by atoms with Crippen molar-refractivity contribution >= 4 is 23.4 Å². The van der Waals surface area contributed by atoms with Crippen LogP contribution in [0.4, 0.5) is 0 Å². The zero-order valence-electron chi connectivity index (χ0n) is 14.5. The molecule has 0 spiro atoms. The lowest BCUT2D eigenvalue weighted by atomic mass is 9.95. The molecule has 7 heteroatoms. The molecule has 0 saturated carbocycles. The molecule has 0 unspecified atom stereocenters. The quantitative estimate of drug-likeness (QED) is 0.477. The van der Waals surface area contributed by atoms with E-state index >= 15 is 0 Å². The summed E-state index contributed by atoms with van der Waals surface area (Å²) < 4.78 is 5.07. The average Bonchev–Trinajstić information content (AvgIpc) is 2.92. The van der Waals surface area contributed by atoms with Crippen LogP contribution < -0.4 is 4.74 Å². The minimum Gasteiger partial charge on any atom is -0.507 e. The number of aliphatic hydroxyl groups excluding tert-OH is 1. The number of nitrogens with zero attached hydrogens (tertiary/aromatic N) is 1.